The van der Waals surface area contributed by atoms with Crippen LogP contribution in [0.2, 0.25) is 0 Å². The monoisotopic (exact) mass is 327 g/mol. The standard InChI is InChI=1S/C16H25NO4S/c1-12(2)10-17(16(18)13(3)4)11-14-7-6-8-15(9-14)21-22(5,19)20/h6-9,12-13H,10-11H2,1-5H3. The summed E-state index contributed by atoms with van der Waals surface area (Å²) >= 11 is 0. The number of amides is 1. The summed E-state index contributed by atoms with van der Waals surface area (Å²) in [6.07, 6.45) is 1.01. The molecule has 0 aromatic heterocycles. The molecule has 0 saturated carbocycles. The van der Waals surface area contributed by atoms with Gasteiger partial charge in [0.1, 0.15) is 5.75 Å². The molecule has 0 heterocycles. The highest BCUT2D eigenvalue weighted by Crippen LogP contribution is 2.18. The van der Waals surface area contributed by atoms with Crippen LogP contribution in [-0.2, 0) is 21.5 Å². The fourth-order valence-corrected chi connectivity index (χ4v) is 2.58. The number of nitrogens with zero attached hydrogens (tertiary/aromatic N) is 1. The zero-order chi connectivity index (χ0) is 16.9. The first-order chi connectivity index (χ1) is 10.1. The molecule has 0 aliphatic heterocycles. The third-order valence-electron chi connectivity index (χ3n) is 2.91. The maximum absolute atomic E-state index is 12.3. The molecular weight excluding hydrogens is 302 g/mol. The van der Waals surface area contributed by atoms with E-state index in [-0.39, 0.29) is 17.6 Å². The molecule has 0 radical (unpaired) electrons. The fraction of sp³-hybridized carbons (Fsp3) is 0.562. The van der Waals surface area contributed by atoms with Crippen molar-refractivity contribution in [2.24, 2.45) is 11.8 Å². The van der Waals surface area contributed by atoms with Crippen molar-refractivity contribution in [3.8, 4) is 5.75 Å². The van der Waals surface area contributed by atoms with E-state index in [1.165, 1.54) is 0 Å². The minimum atomic E-state index is -3.55. The zero-order valence-corrected chi connectivity index (χ0v) is 14.7. The number of carbonyl (C=O) groups excluding carboxylic acids is 1. The van der Waals surface area contributed by atoms with Crippen molar-refractivity contribution < 1.29 is 17.4 Å². The lowest BCUT2D eigenvalue weighted by molar-refractivity contribution is -0.135. The SMILES string of the molecule is CC(C)CN(Cc1cccc(OS(C)(=O)=O)c1)C(=O)C(C)C. The molecule has 0 spiro atoms. The summed E-state index contributed by atoms with van der Waals surface area (Å²) in [4.78, 5) is 14.1. The van der Waals surface area contributed by atoms with Gasteiger partial charge < -0.3 is 9.08 Å². The highest BCUT2D eigenvalue weighted by atomic mass is 32.2. The van der Waals surface area contributed by atoms with Gasteiger partial charge in [-0.25, -0.2) is 0 Å². The Morgan fingerprint density at radius 3 is 2.36 bits per heavy atom. The van der Waals surface area contributed by atoms with E-state index in [2.05, 4.69) is 13.8 Å². The van der Waals surface area contributed by atoms with Gasteiger partial charge in [-0.05, 0) is 23.6 Å². The molecule has 0 saturated heterocycles. The van der Waals surface area contributed by atoms with E-state index < -0.39 is 10.1 Å². The second-order valence-electron chi connectivity index (χ2n) is 6.20. The van der Waals surface area contributed by atoms with Crippen LogP contribution in [0.4, 0.5) is 0 Å². The third-order valence-corrected chi connectivity index (χ3v) is 3.41. The van der Waals surface area contributed by atoms with Crippen molar-refractivity contribution in [2.45, 2.75) is 34.2 Å². The van der Waals surface area contributed by atoms with E-state index >= 15 is 0 Å². The Labute approximate surface area is 133 Å². The Kier molecular flexibility index (Phi) is 6.41. The molecule has 0 N–H and O–H groups in total. The molecule has 0 fully saturated rings. The molecule has 0 aliphatic carbocycles. The van der Waals surface area contributed by atoms with Crippen LogP contribution >= 0.6 is 0 Å². The van der Waals surface area contributed by atoms with Crippen LogP contribution in [0.15, 0.2) is 24.3 Å². The highest BCUT2D eigenvalue weighted by Gasteiger charge is 2.18. The van der Waals surface area contributed by atoms with E-state index in [1.54, 1.807) is 23.1 Å². The van der Waals surface area contributed by atoms with Gasteiger partial charge in [-0.3, -0.25) is 4.79 Å². The number of hydrogen-bond donors (Lipinski definition) is 0. The smallest absolute Gasteiger partial charge is 0.306 e. The number of hydrogen-bond acceptors (Lipinski definition) is 4. The van der Waals surface area contributed by atoms with Gasteiger partial charge in [-0.2, -0.15) is 8.42 Å². The van der Waals surface area contributed by atoms with Gasteiger partial charge in [0.05, 0.1) is 6.26 Å². The second kappa shape index (κ2) is 7.63. The average molecular weight is 327 g/mol. The molecule has 124 valence electrons. The number of benzene rings is 1. The van der Waals surface area contributed by atoms with E-state index in [1.807, 2.05) is 19.9 Å². The van der Waals surface area contributed by atoms with Crippen LogP contribution in [0, 0.1) is 11.8 Å². The molecular formula is C16H25NO4S. The van der Waals surface area contributed by atoms with Gasteiger partial charge in [0, 0.05) is 19.0 Å². The van der Waals surface area contributed by atoms with Crippen molar-refractivity contribution in [2.75, 3.05) is 12.8 Å². The van der Waals surface area contributed by atoms with E-state index in [9.17, 15) is 13.2 Å². The summed E-state index contributed by atoms with van der Waals surface area (Å²) in [6, 6.07) is 6.82. The van der Waals surface area contributed by atoms with E-state index in [0.717, 1.165) is 11.8 Å². The molecule has 0 aliphatic rings. The predicted octanol–water partition coefficient (Wildman–Crippen LogP) is 2.67. The quantitative estimate of drug-likeness (QED) is 0.722. The lowest BCUT2D eigenvalue weighted by Gasteiger charge is -2.26. The largest absolute Gasteiger partial charge is 0.383 e. The van der Waals surface area contributed by atoms with Gasteiger partial charge in [-0.1, -0.05) is 39.8 Å². The van der Waals surface area contributed by atoms with Gasteiger partial charge in [0.25, 0.3) is 0 Å². The minimum absolute atomic E-state index is 0.0748. The summed E-state index contributed by atoms with van der Waals surface area (Å²) in [5.74, 6) is 0.636. The van der Waals surface area contributed by atoms with E-state index in [4.69, 9.17) is 4.18 Å². The van der Waals surface area contributed by atoms with Crippen LogP contribution in [0.5, 0.6) is 5.75 Å². The molecule has 1 aromatic carbocycles. The second-order valence-corrected chi connectivity index (χ2v) is 7.78. The molecule has 1 amide bonds. The molecule has 5 nitrogen and oxygen atoms in total. The highest BCUT2D eigenvalue weighted by molar-refractivity contribution is 7.86. The third kappa shape index (κ3) is 6.47. The van der Waals surface area contributed by atoms with Gasteiger partial charge in [0.2, 0.25) is 5.91 Å². The summed E-state index contributed by atoms with van der Waals surface area (Å²) in [6.45, 7) is 8.97. The van der Waals surface area contributed by atoms with Gasteiger partial charge in [-0.15, -0.1) is 0 Å². The van der Waals surface area contributed by atoms with Gasteiger partial charge >= 0.3 is 10.1 Å². The van der Waals surface area contributed by atoms with Crippen LogP contribution in [0.3, 0.4) is 0 Å². The van der Waals surface area contributed by atoms with Crippen molar-refractivity contribution in [1.29, 1.82) is 0 Å². The average Bonchev–Trinajstić information content (AvgIpc) is 2.34. The molecule has 6 heteroatoms. The van der Waals surface area contributed by atoms with Crippen LogP contribution in [-0.4, -0.2) is 32.0 Å². The van der Waals surface area contributed by atoms with Crippen molar-refractivity contribution >= 4 is 16.0 Å². The fourth-order valence-electron chi connectivity index (χ4n) is 2.13. The Morgan fingerprint density at radius 1 is 1.23 bits per heavy atom. The number of rotatable bonds is 7. The summed E-state index contributed by atoms with van der Waals surface area (Å²) < 4.78 is 27.3. The molecule has 22 heavy (non-hydrogen) atoms. The summed E-state index contributed by atoms with van der Waals surface area (Å²) in [5.41, 5.74) is 0.843. The lowest BCUT2D eigenvalue weighted by Crippen LogP contribution is -2.36. The van der Waals surface area contributed by atoms with Crippen molar-refractivity contribution in [3.63, 3.8) is 0 Å². The Hall–Kier alpha value is -1.56. The van der Waals surface area contributed by atoms with Gasteiger partial charge in [0.15, 0.2) is 0 Å². The normalized spacial score (nSPS) is 11.8. The minimum Gasteiger partial charge on any atom is -0.383 e. The molecule has 1 rings (SSSR count). The van der Waals surface area contributed by atoms with Crippen molar-refractivity contribution in [1.82, 2.24) is 4.90 Å². The number of carbonyl (C=O) groups is 1. The topological polar surface area (TPSA) is 63.7 Å². The molecule has 0 unspecified atom stereocenters. The first kappa shape index (κ1) is 18.5. The Morgan fingerprint density at radius 2 is 1.86 bits per heavy atom. The molecule has 1 aromatic rings. The maximum atomic E-state index is 12.3. The van der Waals surface area contributed by atoms with Crippen molar-refractivity contribution in [3.05, 3.63) is 29.8 Å². The maximum Gasteiger partial charge on any atom is 0.306 e. The molecule has 0 atom stereocenters. The summed E-state index contributed by atoms with van der Waals surface area (Å²) in [5, 5.41) is 0. The summed E-state index contributed by atoms with van der Waals surface area (Å²) in [7, 11) is -3.55. The predicted molar refractivity (Wildman–Crippen MR) is 87.0 cm³/mol. The van der Waals surface area contributed by atoms with Crippen LogP contribution in [0.25, 0.3) is 0 Å². The molecule has 0 bridgehead atoms. The van der Waals surface area contributed by atoms with Crippen LogP contribution in [0.1, 0.15) is 33.3 Å². The van der Waals surface area contributed by atoms with E-state index in [0.29, 0.717) is 19.0 Å². The van der Waals surface area contributed by atoms with Crippen LogP contribution < -0.4 is 4.18 Å². The lowest BCUT2D eigenvalue weighted by atomic mass is 10.1. The zero-order valence-electron chi connectivity index (χ0n) is 13.9. The first-order valence-electron chi connectivity index (χ1n) is 7.35. The first-order valence-corrected chi connectivity index (χ1v) is 9.17. The Bertz CT molecular complexity index is 608. The Balaban J connectivity index is 2.93.